The largest absolute Gasteiger partial charge is 0.353 e. The number of hydrogen-bond acceptors (Lipinski definition) is 3. The molecule has 2 aliphatic rings. The highest BCUT2D eigenvalue weighted by Crippen LogP contribution is 2.14. The first-order chi connectivity index (χ1) is 7.74. The fourth-order valence-electron chi connectivity index (χ4n) is 2.48. The molecule has 0 aromatic carbocycles. The first-order valence-electron chi connectivity index (χ1n) is 6.05. The summed E-state index contributed by atoms with van der Waals surface area (Å²) in [5, 5.41) is 6.00. The van der Waals surface area contributed by atoms with Gasteiger partial charge in [0.25, 0.3) is 0 Å². The van der Waals surface area contributed by atoms with Crippen LogP contribution in [0.5, 0.6) is 0 Å². The van der Waals surface area contributed by atoms with Gasteiger partial charge in [-0.05, 0) is 25.8 Å². The summed E-state index contributed by atoms with van der Waals surface area (Å²) < 4.78 is 0. The SMILES string of the molecule is CCC1C(=O)NCCN1C(=O)[C@H]1CCCN1. The fourth-order valence-corrected chi connectivity index (χ4v) is 2.48. The van der Waals surface area contributed by atoms with Gasteiger partial charge in [-0.25, -0.2) is 0 Å². The van der Waals surface area contributed by atoms with Crippen molar-refractivity contribution in [1.29, 1.82) is 0 Å². The molecule has 0 aromatic rings. The first-order valence-corrected chi connectivity index (χ1v) is 6.05. The van der Waals surface area contributed by atoms with Crippen LogP contribution >= 0.6 is 0 Å². The Morgan fingerprint density at radius 1 is 1.50 bits per heavy atom. The number of carbonyl (C=O) groups excluding carboxylic acids is 2. The van der Waals surface area contributed by atoms with Gasteiger partial charge in [-0.3, -0.25) is 9.59 Å². The molecule has 5 heteroatoms. The summed E-state index contributed by atoms with van der Waals surface area (Å²) in [5.41, 5.74) is 0. The van der Waals surface area contributed by atoms with Crippen LogP contribution < -0.4 is 10.6 Å². The van der Waals surface area contributed by atoms with Crippen LogP contribution in [0.15, 0.2) is 0 Å². The highest BCUT2D eigenvalue weighted by Gasteiger charge is 2.35. The van der Waals surface area contributed by atoms with Crippen LogP contribution in [-0.4, -0.2) is 48.4 Å². The number of rotatable bonds is 2. The van der Waals surface area contributed by atoms with E-state index in [0.717, 1.165) is 19.4 Å². The molecule has 16 heavy (non-hydrogen) atoms. The number of nitrogens with one attached hydrogen (secondary N) is 2. The molecule has 0 spiro atoms. The minimum atomic E-state index is -0.274. The van der Waals surface area contributed by atoms with Gasteiger partial charge in [-0.2, -0.15) is 0 Å². The summed E-state index contributed by atoms with van der Waals surface area (Å²) in [6.07, 6.45) is 2.63. The number of piperazine rings is 1. The van der Waals surface area contributed by atoms with Crippen LogP contribution in [0.1, 0.15) is 26.2 Å². The first kappa shape index (κ1) is 11.4. The average molecular weight is 225 g/mol. The Hall–Kier alpha value is -1.10. The number of nitrogens with zero attached hydrogens (tertiary/aromatic N) is 1. The molecule has 2 aliphatic heterocycles. The number of carbonyl (C=O) groups is 2. The van der Waals surface area contributed by atoms with E-state index in [-0.39, 0.29) is 23.9 Å². The number of amides is 2. The second-order valence-corrected chi connectivity index (χ2v) is 4.40. The van der Waals surface area contributed by atoms with Gasteiger partial charge in [0.15, 0.2) is 0 Å². The van der Waals surface area contributed by atoms with E-state index in [1.807, 2.05) is 6.92 Å². The van der Waals surface area contributed by atoms with Crippen molar-refractivity contribution < 1.29 is 9.59 Å². The van der Waals surface area contributed by atoms with Gasteiger partial charge < -0.3 is 15.5 Å². The summed E-state index contributed by atoms with van der Waals surface area (Å²) in [7, 11) is 0. The Bertz CT molecular complexity index is 287. The van der Waals surface area contributed by atoms with E-state index < -0.39 is 0 Å². The zero-order valence-corrected chi connectivity index (χ0v) is 9.66. The van der Waals surface area contributed by atoms with Gasteiger partial charge >= 0.3 is 0 Å². The third-order valence-corrected chi connectivity index (χ3v) is 3.36. The van der Waals surface area contributed by atoms with Crippen LogP contribution in [-0.2, 0) is 9.59 Å². The molecule has 0 saturated carbocycles. The summed E-state index contributed by atoms with van der Waals surface area (Å²) in [4.78, 5) is 25.6. The molecular weight excluding hydrogens is 206 g/mol. The van der Waals surface area contributed by atoms with Crippen LogP contribution in [0.25, 0.3) is 0 Å². The zero-order valence-electron chi connectivity index (χ0n) is 9.66. The van der Waals surface area contributed by atoms with E-state index in [1.165, 1.54) is 0 Å². The monoisotopic (exact) mass is 225 g/mol. The Morgan fingerprint density at radius 2 is 2.31 bits per heavy atom. The highest BCUT2D eigenvalue weighted by atomic mass is 16.2. The maximum Gasteiger partial charge on any atom is 0.242 e. The summed E-state index contributed by atoms with van der Waals surface area (Å²) in [6.45, 7) is 4.07. The van der Waals surface area contributed by atoms with E-state index in [0.29, 0.717) is 19.5 Å². The smallest absolute Gasteiger partial charge is 0.242 e. The summed E-state index contributed by atoms with van der Waals surface area (Å²) >= 11 is 0. The maximum atomic E-state index is 12.2. The third kappa shape index (κ3) is 2.04. The van der Waals surface area contributed by atoms with Gasteiger partial charge in [-0.15, -0.1) is 0 Å². The van der Waals surface area contributed by atoms with E-state index in [4.69, 9.17) is 0 Å². The second kappa shape index (κ2) is 4.82. The van der Waals surface area contributed by atoms with Gasteiger partial charge in [0.05, 0.1) is 6.04 Å². The standard InChI is InChI=1S/C11H19N3O2/c1-2-9-10(15)13-6-7-14(9)11(16)8-4-3-5-12-8/h8-9,12H,2-7H2,1H3,(H,13,15)/t8-,9?/m1/s1. The van der Waals surface area contributed by atoms with E-state index in [9.17, 15) is 9.59 Å². The lowest BCUT2D eigenvalue weighted by molar-refractivity contribution is -0.144. The van der Waals surface area contributed by atoms with Crippen LogP contribution in [0.4, 0.5) is 0 Å². The molecule has 0 aromatic heterocycles. The van der Waals surface area contributed by atoms with Crippen molar-refractivity contribution in [2.75, 3.05) is 19.6 Å². The van der Waals surface area contributed by atoms with Gasteiger partial charge in [0.1, 0.15) is 6.04 Å². The lowest BCUT2D eigenvalue weighted by Gasteiger charge is -2.36. The van der Waals surface area contributed by atoms with Gasteiger partial charge in [-0.1, -0.05) is 6.92 Å². The van der Waals surface area contributed by atoms with Crippen molar-refractivity contribution in [3.63, 3.8) is 0 Å². The van der Waals surface area contributed by atoms with Crippen molar-refractivity contribution in [3.05, 3.63) is 0 Å². The predicted molar refractivity (Wildman–Crippen MR) is 59.8 cm³/mol. The molecule has 90 valence electrons. The minimum Gasteiger partial charge on any atom is -0.353 e. The normalized spacial score (nSPS) is 30.3. The molecule has 2 amide bonds. The van der Waals surface area contributed by atoms with Crippen molar-refractivity contribution in [3.8, 4) is 0 Å². The molecule has 2 heterocycles. The zero-order chi connectivity index (χ0) is 11.5. The molecule has 2 saturated heterocycles. The third-order valence-electron chi connectivity index (χ3n) is 3.36. The average Bonchev–Trinajstić information content (AvgIpc) is 2.81. The molecule has 0 bridgehead atoms. The van der Waals surface area contributed by atoms with Crippen LogP contribution in [0, 0.1) is 0 Å². The minimum absolute atomic E-state index is 0.0138. The van der Waals surface area contributed by atoms with Gasteiger partial charge in [0.2, 0.25) is 11.8 Å². The van der Waals surface area contributed by atoms with Gasteiger partial charge in [0, 0.05) is 13.1 Å². The van der Waals surface area contributed by atoms with Crippen molar-refractivity contribution in [1.82, 2.24) is 15.5 Å². The summed E-state index contributed by atoms with van der Waals surface area (Å²) in [5.74, 6) is 0.0827. The molecule has 2 rings (SSSR count). The lowest BCUT2D eigenvalue weighted by Crippen LogP contribution is -2.59. The molecule has 0 radical (unpaired) electrons. The Kier molecular flexibility index (Phi) is 3.43. The van der Waals surface area contributed by atoms with Crippen molar-refractivity contribution in [2.24, 2.45) is 0 Å². The molecule has 1 unspecified atom stereocenters. The molecule has 2 atom stereocenters. The van der Waals surface area contributed by atoms with E-state index >= 15 is 0 Å². The maximum absolute atomic E-state index is 12.2. The Balaban J connectivity index is 2.05. The Morgan fingerprint density at radius 3 is 2.94 bits per heavy atom. The summed E-state index contributed by atoms with van der Waals surface area (Å²) in [6, 6.07) is -0.344. The Labute approximate surface area is 95.6 Å². The van der Waals surface area contributed by atoms with Crippen molar-refractivity contribution in [2.45, 2.75) is 38.3 Å². The van der Waals surface area contributed by atoms with E-state index in [1.54, 1.807) is 4.90 Å². The fraction of sp³-hybridized carbons (Fsp3) is 0.818. The highest BCUT2D eigenvalue weighted by molar-refractivity contribution is 5.90. The molecule has 2 N–H and O–H groups in total. The lowest BCUT2D eigenvalue weighted by atomic mass is 10.1. The van der Waals surface area contributed by atoms with E-state index in [2.05, 4.69) is 10.6 Å². The topological polar surface area (TPSA) is 61.4 Å². The van der Waals surface area contributed by atoms with Crippen LogP contribution in [0.3, 0.4) is 0 Å². The van der Waals surface area contributed by atoms with Crippen molar-refractivity contribution >= 4 is 11.8 Å². The quantitative estimate of drug-likeness (QED) is 0.664. The molecular formula is C11H19N3O2. The number of hydrogen-bond donors (Lipinski definition) is 2. The predicted octanol–water partition coefficient (Wildman–Crippen LogP) is -0.525. The molecule has 5 nitrogen and oxygen atoms in total. The second-order valence-electron chi connectivity index (χ2n) is 4.40. The van der Waals surface area contributed by atoms with Crippen LogP contribution in [0.2, 0.25) is 0 Å². The molecule has 2 fully saturated rings. The molecule has 0 aliphatic carbocycles.